The maximum Gasteiger partial charge on any atom is 0.344 e. The lowest BCUT2D eigenvalue weighted by Gasteiger charge is -2.09. The molecule has 5 aromatic rings. The molecule has 0 saturated heterocycles. The van der Waals surface area contributed by atoms with Crippen molar-refractivity contribution < 1.29 is 9.52 Å². The third kappa shape index (κ3) is 1.64. The summed E-state index contributed by atoms with van der Waals surface area (Å²) in [4.78, 5) is 12.6. The zero-order valence-electron chi connectivity index (χ0n) is 12.6. The highest BCUT2D eigenvalue weighted by molar-refractivity contribution is 6.19. The van der Waals surface area contributed by atoms with Gasteiger partial charge in [0.25, 0.3) is 0 Å². The molecule has 0 atom stereocenters. The van der Waals surface area contributed by atoms with Crippen LogP contribution in [0.3, 0.4) is 0 Å². The van der Waals surface area contributed by atoms with Gasteiger partial charge in [-0.3, -0.25) is 0 Å². The Hall–Kier alpha value is -3.33. The molecule has 0 bridgehead atoms. The van der Waals surface area contributed by atoms with Crippen molar-refractivity contribution in [2.24, 2.45) is 0 Å². The number of hydrogen-bond donors (Lipinski definition) is 1. The average molecular weight is 312 g/mol. The van der Waals surface area contributed by atoms with Gasteiger partial charge >= 0.3 is 5.63 Å². The Labute approximate surface area is 136 Å². The molecule has 3 heteroatoms. The van der Waals surface area contributed by atoms with Crippen molar-refractivity contribution in [1.29, 1.82) is 0 Å². The number of rotatable bonds is 0. The van der Waals surface area contributed by atoms with Crippen LogP contribution in [0.1, 0.15) is 0 Å². The molecule has 0 spiro atoms. The zero-order valence-corrected chi connectivity index (χ0v) is 12.6. The van der Waals surface area contributed by atoms with E-state index in [1.54, 1.807) is 6.07 Å². The van der Waals surface area contributed by atoms with E-state index >= 15 is 0 Å². The Balaban J connectivity index is 2.13. The lowest BCUT2D eigenvalue weighted by atomic mass is 9.98. The highest BCUT2D eigenvalue weighted by atomic mass is 16.4. The van der Waals surface area contributed by atoms with Gasteiger partial charge in [-0.15, -0.1) is 0 Å². The molecule has 1 heterocycles. The zero-order chi connectivity index (χ0) is 16.3. The maximum atomic E-state index is 12.6. The molecular weight excluding hydrogens is 300 g/mol. The molecule has 24 heavy (non-hydrogen) atoms. The molecule has 0 aliphatic rings. The summed E-state index contributed by atoms with van der Waals surface area (Å²) in [6.45, 7) is 0. The maximum absolute atomic E-state index is 12.6. The molecular formula is C21H12O3. The van der Waals surface area contributed by atoms with Crippen LogP contribution in [-0.4, -0.2) is 5.11 Å². The summed E-state index contributed by atoms with van der Waals surface area (Å²) >= 11 is 0. The number of phenolic OH excluding ortho intramolecular Hbond substituents is 1. The Bertz CT molecular complexity index is 1330. The minimum atomic E-state index is -0.435. The van der Waals surface area contributed by atoms with Gasteiger partial charge < -0.3 is 9.52 Å². The summed E-state index contributed by atoms with van der Waals surface area (Å²) < 4.78 is 5.63. The van der Waals surface area contributed by atoms with E-state index in [2.05, 4.69) is 0 Å². The third-order valence-electron chi connectivity index (χ3n) is 4.59. The van der Waals surface area contributed by atoms with Gasteiger partial charge in [0.1, 0.15) is 11.3 Å². The van der Waals surface area contributed by atoms with E-state index in [0.717, 1.165) is 26.9 Å². The quantitative estimate of drug-likeness (QED) is 0.250. The molecule has 1 N–H and O–H groups in total. The molecule has 5 rings (SSSR count). The summed E-state index contributed by atoms with van der Waals surface area (Å²) in [5.41, 5.74) is 0.0751. The van der Waals surface area contributed by atoms with Gasteiger partial charge in [-0.2, -0.15) is 0 Å². The van der Waals surface area contributed by atoms with Crippen molar-refractivity contribution >= 4 is 43.3 Å². The molecule has 3 nitrogen and oxygen atoms in total. The van der Waals surface area contributed by atoms with Crippen LogP contribution >= 0.6 is 0 Å². The van der Waals surface area contributed by atoms with Crippen LogP contribution in [0.15, 0.2) is 75.9 Å². The van der Waals surface area contributed by atoms with Crippen LogP contribution in [-0.2, 0) is 0 Å². The van der Waals surface area contributed by atoms with Crippen molar-refractivity contribution in [3.8, 4) is 5.75 Å². The summed E-state index contributed by atoms with van der Waals surface area (Å²) in [7, 11) is 0. The second kappa shape index (κ2) is 4.59. The van der Waals surface area contributed by atoms with Crippen molar-refractivity contribution in [2.75, 3.05) is 0 Å². The lowest BCUT2D eigenvalue weighted by Crippen LogP contribution is -2.00. The average Bonchev–Trinajstić information content (AvgIpc) is 2.62. The normalized spacial score (nSPS) is 11.7. The monoisotopic (exact) mass is 312 g/mol. The van der Waals surface area contributed by atoms with Crippen LogP contribution in [0.5, 0.6) is 5.75 Å². The Kier molecular flexibility index (Phi) is 2.51. The number of benzene rings is 4. The second-order valence-electron chi connectivity index (χ2n) is 5.92. The molecule has 0 unspecified atom stereocenters. The van der Waals surface area contributed by atoms with E-state index in [0.29, 0.717) is 16.4 Å². The minimum absolute atomic E-state index is 0.122. The highest BCUT2D eigenvalue weighted by Crippen LogP contribution is 2.38. The Morgan fingerprint density at radius 3 is 2.25 bits per heavy atom. The number of fused-ring (bicyclic) bond motifs is 6. The predicted octanol–water partition coefficient (Wildman–Crippen LogP) is 4.96. The third-order valence-corrected chi connectivity index (χ3v) is 4.59. The first-order chi connectivity index (χ1) is 11.7. The van der Waals surface area contributed by atoms with Crippen LogP contribution in [0.25, 0.3) is 43.3 Å². The molecule has 0 saturated carbocycles. The fourth-order valence-corrected chi connectivity index (χ4v) is 3.46. The predicted molar refractivity (Wildman–Crippen MR) is 96.7 cm³/mol. The molecule has 0 radical (unpaired) electrons. The van der Waals surface area contributed by atoms with Gasteiger partial charge in [0.15, 0.2) is 0 Å². The Morgan fingerprint density at radius 2 is 1.42 bits per heavy atom. The van der Waals surface area contributed by atoms with Gasteiger partial charge in [0.05, 0.1) is 5.39 Å². The molecule has 114 valence electrons. The summed E-state index contributed by atoms with van der Waals surface area (Å²) in [6, 6.07) is 20.9. The van der Waals surface area contributed by atoms with E-state index in [1.807, 2.05) is 60.7 Å². The van der Waals surface area contributed by atoms with Crippen molar-refractivity contribution in [3.63, 3.8) is 0 Å². The van der Waals surface area contributed by atoms with Crippen molar-refractivity contribution in [3.05, 3.63) is 77.2 Å². The summed E-state index contributed by atoms with van der Waals surface area (Å²) in [6.07, 6.45) is 0. The van der Waals surface area contributed by atoms with Gasteiger partial charge in [-0.1, -0.05) is 54.6 Å². The largest absolute Gasteiger partial charge is 0.507 e. The summed E-state index contributed by atoms with van der Waals surface area (Å²) in [5.74, 6) is 0.122. The van der Waals surface area contributed by atoms with Gasteiger partial charge in [0, 0.05) is 21.5 Å². The van der Waals surface area contributed by atoms with E-state index in [4.69, 9.17) is 4.42 Å². The standard InChI is InChI=1S/C21H12O3/c22-19-14-7-3-2-6-13(14)11-17-18(19)16-10-9-12-5-1-4-8-15(12)20(16)24-21(17)23/h1-11,22H. The Morgan fingerprint density at radius 1 is 0.708 bits per heavy atom. The van der Waals surface area contributed by atoms with Crippen LogP contribution in [0, 0.1) is 0 Å². The molecule has 0 fully saturated rings. The molecule has 1 aromatic heterocycles. The van der Waals surface area contributed by atoms with Crippen LogP contribution in [0.4, 0.5) is 0 Å². The van der Waals surface area contributed by atoms with E-state index < -0.39 is 5.63 Å². The van der Waals surface area contributed by atoms with Crippen LogP contribution < -0.4 is 5.63 Å². The van der Waals surface area contributed by atoms with Gasteiger partial charge in [-0.05, 0) is 22.9 Å². The van der Waals surface area contributed by atoms with Crippen LogP contribution in [0.2, 0.25) is 0 Å². The molecule has 0 aliphatic heterocycles. The second-order valence-corrected chi connectivity index (χ2v) is 5.92. The number of aromatic hydroxyl groups is 1. The number of phenols is 1. The van der Waals surface area contributed by atoms with Gasteiger partial charge in [0.2, 0.25) is 0 Å². The fraction of sp³-hybridized carbons (Fsp3) is 0. The van der Waals surface area contributed by atoms with E-state index in [9.17, 15) is 9.90 Å². The topological polar surface area (TPSA) is 50.4 Å². The first-order valence-corrected chi connectivity index (χ1v) is 7.73. The van der Waals surface area contributed by atoms with Crippen molar-refractivity contribution in [2.45, 2.75) is 0 Å². The molecule has 0 aliphatic carbocycles. The van der Waals surface area contributed by atoms with E-state index in [1.165, 1.54) is 0 Å². The highest BCUT2D eigenvalue weighted by Gasteiger charge is 2.15. The smallest absolute Gasteiger partial charge is 0.344 e. The summed E-state index contributed by atoms with van der Waals surface area (Å²) in [5, 5.41) is 15.9. The number of hydrogen-bond acceptors (Lipinski definition) is 3. The molecule has 0 amide bonds. The first kappa shape index (κ1) is 13.1. The first-order valence-electron chi connectivity index (χ1n) is 7.73. The van der Waals surface area contributed by atoms with E-state index in [-0.39, 0.29) is 5.75 Å². The van der Waals surface area contributed by atoms with Crippen molar-refractivity contribution in [1.82, 2.24) is 0 Å². The SMILES string of the molecule is O=c1oc2c3ccccc3ccc2c2c(O)c3ccccc3cc12. The lowest BCUT2D eigenvalue weighted by molar-refractivity contribution is 0.487. The van der Waals surface area contributed by atoms with Gasteiger partial charge in [-0.25, -0.2) is 4.79 Å². The minimum Gasteiger partial charge on any atom is -0.507 e. The molecule has 4 aromatic carbocycles. The fourth-order valence-electron chi connectivity index (χ4n) is 3.46.